The van der Waals surface area contributed by atoms with Crippen molar-refractivity contribution in [1.82, 2.24) is 5.32 Å². The van der Waals surface area contributed by atoms with Crippen molar-refractivity contribution >= 4 is 17.6 Å². The number of carbonyl (C=O) groups is 1. The van der Waals surface area contributed by atoms with E-state index in [1.165, 1.54) is 12.7 Å². The van der Waals surface area contributed by atoms with Gasteiger partial charge in [0.25, 0.3) is 0 Å². The highest BCUT2D eigenvalue weighted by atomic mass is 35.5. The molecule has 1 N–H and O–H groups in total. The van der Waals surface area contributed by atoms with E-state index in [4.69, 9.17) is 16.0 Å². The van der Waals surface area contributed by atoms with Gasteiger partial charge in [-0.25, -0.2) is 4.79 Å². The normalized spacial score (nSPS) is 12.1. The summed E-state index contributed by atoms with van der Waals surface area (Å²) in [7, 11) is 1.33. The zero-order valence-electron chi connectivity index (χ0n) is 12.1. The summed E-state index contributed by atoms with van der Waals surface area (Å²) < 4.78 is 10.0. The monoisotopic (exact) mass is 307 g/mol. The average molecular weight is 308 g/mol. The summed E-state index contributed by atoms with van der Waals surface area (Å²) >= 11 is 5.90. The second-order valence-electron chi connectivity index (χ2n) is 4.65. The van der Waals surface area contributed by atoms with Gasteiger partial charge in [-0.05, 0) is 36.2 Å². The van der Waals surface area contributed by atoms with Crippen LogP contribution in [-0.2, 0) is 11.3 Å². The lowest BCUT2D eigenvalue weighted by Gasteiger charge is -2.16. The molecule has 1 heterocycles. The maximum absolute atomic E-state index is 11.3. The van der Waals surface area contributed by atoms with Gasteiger partial charge in [-0.15, -0.1) is 0 Å². The lowest BCUT2D eigenvalue weighted by Crippen LogP contribution is -2.19. The first kappa shape index (κ1) is 15.6. The summed E-state index contributed by atoms with van der Waals surface area (Å²) in [6.45, 7) is 2.65. The molecule has 0 saturated carbocycles. The molecule has 1 unspecified atom stereocenters. The van der Waals surface area contributed by atoms with E-state index >= 15 is 0 Å². The molecular weight excluding hydrogens is 290 g/mol. The Morgan fingerprint density at radius 3 is 2.62 bits per heavy atom. The molecule has 0 spiro atoms. The molecule has 1 atom stereocenters. The van der Waals surface area contributed by atoms with E-state index in [1.807, 2.05) is 24.3 Å². The fourth-order valence-corrected chi connectivity index (χ4v) is 2.23. The lowest BCUT2D eigenvalue weighted by atomic mass is 10.0. The smallest absolute Gasteiger partial charge is 0.373 e. The standard InChI is InChI=1S/C16H18ClNO3/c1-3-14(11-4-6-12(17)7-5-11)18-10-13-8-9-15(21-13)16(19)20-2/h4-9,14,18H,3,10H2,1-2H3. The van der Waals surface area contributed by atoms with Crippen molar-refractivity contribution in [3.05, 3.63) is 58.5 Å². The van der Waals surface area contributed by atoms with Gasteiger partial charge in [0, 0.05) is 11.1 Å². The quantitative estimate of drug-likeness (QED) is 0.821. The van der Waals surface area contributed by atoms with Crippen molar-refractivity contribution in [3.8, 4) is 0 Å². The van der Waals surface area contributed by atoms with Crippen LogP contribution in [0.25, 0.3) is 0 Å². The number of hydrogen-bond acceptors (Lipinski definition) is 4. The van der Waals surface area contributed by atoms with E-state index in [1.54, 1.807) is 12.1 Å². The number of rotatable bonds is 6. The van der Waals surface area contributed by atoms with Crippen LogP contribution in [0.4, 0.5) is 0 Å². The molecule has 0 aliphatic carbocycles. The fourth-order valence-electron chi connectivity index (χ4n) is 2.10. The van der Waals surface area contributed by atoms with Gasteiger partial charge < -0.3 is 14.5 Å². The van der Waals surface area contributed by atoms with Crippen LogP contribution in [-0.4, -0.2) is 13.1 Å². The largest absolute Gasteiger partial charge is 0.463 e. The summed E-state index contributed by atoms with van der Waals surface area (Å²) in [5.41, 5.74) is 1.17. The average Bonchev–Trinajstić information content (AvgIpc) is 2.97. The van der Waals surface area contributed by atoms with Gasteiger partial charge in [0.05, 0.1) is 13.7 Å². The minimum absolute atomic E-state index is 0.203. The predicted molar refractivity (Wildman–Crippen MR) is 81.4 cm³/mol. The number of nitrogens with one attached hydrogen (secondary N) is 1. The lowest BCUT2D eigenvalue weighted by molar-refractivity contribution is 0.0562. The van der Waals surface area contributed by atoms with Gasteiger partial charge in [0.15, 0.2) is 0 Å². The van der Waals surface area contributed by atoms with Crippen LogP contribution in [0.15, 0.2) is 40.8 Å². The van der Waals surface area contributed by atoms with Crippen LogP contribution in [0.5, 0.6) is 0 Å². The zero-order valence-corrected chi connectivity index (χ0v) is 12.8. The van der Waals surface area contributed by atoms with Gasteiger partial charge in [-0.3, -0.25) is 0 Å². The summed E-state index contributed by atoms with van der Waals surface area (Å²) in [6.07, 6.45) is 0.937. The first-order valence-electron chi connectivity index (χ1n) is 6.80. The Kier molecular flexibility index (Phi) is 5.42. The molecule has 0 saturated heterocycles. The highest BCUT2D eigenvalue weighted by Gasteiger charge is 2.13. The number of benzene rings is 1. The second-order valence-corrected chi connectivity index (χ2v) is 5.09. The summed E-state index contributed by atoms with van der Waals surface area (Å²) in [4.78, 5) is 11.3. The van der Waals surface area contributed by atoms with E-state index in [9.17, 15) is 4.79 Å². The number of methoxy groups -OCH3 is 1. The van der Waals surface area contributed by atoms with Crippen LogP contribution in [0.2, 0.25) is 5.02 Å². The van der Waals surface area contributed by atoms with Crippen molar-refractivity contribution < 1.29 is 13.9 Å². The van der Waals surface area contributed by atoms with Crippen molar-refractivity contribution in [2.24, 2.45) is 0 Å². The Morgan fingerprint density at radius 1 is 1.29 bits per heavy atom. The molecule has 1 aromatic heterocycles. The van der Waals surface area contributed by atoms with E-state index in [0.717, 1.165) is 11.4 Å². The predicted octanol–water partition coefficient (Wildman–Crippen LogP) is 3.96. The molecule has 0 bridgehead atoms. The Balaban J connectivity index is 1.98. The molecule has 0 aliphatic rings. The Hall–Kier alpha value is -1.78. The highest BCUT2D eigenvalue weighted by molar-refractivity contribution is 6.30. The molecule has 0 fully saturated rings. The number of ether oxygens (including phenoxy) is 1. The number of carbonyl (C=O) groups excluding carboxylic acids is 1. The SMILES string of the molecule is CCC(NCc1ccc(C(=O)OC)o1)c1ccc(Cl)cc1. The number of furan rings is 1. The summed E-state index contributed by atoms with van der Waals surface area (Å²) in [6, 6.07) is 11.4. The highest BCUT2D eigenvalue weighted by Crippen LogP contribution is 2.20. The Labute approximate surface area is 129 Å². The maximum atomic E-state index is 11.3. The van der Waals surface area contributed by atoms with Crippen LogP contribution in [0.3, 0.4) is 0 Å². The molecule has 2 rings (SSSR count). The minimum Gasteiger partial charge on any atom is -0.463 e. The van der Waals surface area contributed by atoms with Gasteiger partial charge in [0.1, 0.15) is 5.76 Å². The summed E-state index contributed by atoms with van der Waals surface area (Å²) in [5.74, 6) is 0.447. The second kappa shape index (κ2) is 7.29. The van der Waals surface area contributed by atoms with Gasteiger partial charge in [0.2, 0.25) is 5.76 Å². The first-order chi connectivity index (χ1) is 10.1. The molecule has 112 valence electrons. The molecule has 5 heteroatoms. The van der Waals surface area contributed by atoms with Crippen LogP contribution in [0, 0.1) is 0 Å². The maximum Gasteiger partial charge on any atom is 0.373 e. The third kappa shape index (κ3) is 4.09. The van der Waals surface area contributed by atoms with Gasteiger partial charge >= 0.3 is 5.97 Å². The van der Waals surface area contributed by atoms with E-state index in [0.29, 0.717) is 12.3 Å². The third-order valence-electron chi connectivity index (χ3n) is 3.25. The van der Waals surface area contributed by atoms with E-state index < -0.39 is 5.97 Å². The molecular formula is C16H18ClNO3. The van der Waals surface area contributed by atoms with Crippen molar-refractivity contribution in [2.75, 3.05) is 7.11 Å². The van der Waals surface area contributed by atoms with Crippen LogP contribution in [0.1, 0.15) is 41.3 Å². The topological polar surface area (TPSA) is 51.5 Å². The molecule has 1 aromatic carbocycles. The van der Waals surface area contributed by atoms with Crippen molar-refractivity contribution in [3.63, 3.8) is 0 Å². The minimum atomic E-state index is -0.467. The van der Waals surface area contributed by atoms with Gasteiger partial charge in [-0.1, -0.05) is 30.7 Å². The fraction of sp³-hybridized carbons (Fsp3) is 0.312. The molecule has 0 radical (unpaired) electrons. The number of hydrogen-bond donors (Lipinski definition) is 1. The number of esters is 1. The van der Waals surface area contributed by atoms with Crippen LogP contribution >= 0.6 is 11.6 Å². The first-order valence-corrected chi connectivity index (χ1v) is 7.17. The molecule has 21 heavy (non-hydrogen) atoms. The van der Waals surface area contributed by atoms with E-state index in [2.05, 4.69) is 17.0 Å². The molecule has 0 amide bonds. The third-order valence-corrected chi connectivity index (χ3v) is 3.50. The Morgan fingerprint density at radius 2 is 2.00 bits per heavy atom. The van der Waals surface area contributed by atoms with Gasteiger partial charge in [-0.2, -0.15) is 0 Å². The molecule has 4 nitrogen and oxygen atoms in total. The van der Waals surface area contributed by atoms with Crippen molar-refractivity contribution in [2.45, 2.75) is 25.9 Å². The Bertz CT molecular complexity index is 592. The van der Waals surface area contributed by atoms with Crippen LogP contribution < -0.4 is 5.32 Å². The number of halogens is 1. The van der Waals surface area contributed by atoms with E-state index in [-0.39, 0.29) is 11.8 Å². The zero-order chi connectivity index (χ0) is 15.2. The molecule has 0 aliphatic heterocycles. The summed E-state index contributed by atoms with van der Waals surface area (Å²) in [5, 5.41) is 4.13. The molecule has 2 aromatic rings. The van der Waals surface area contributed by atoms with Crippen molar-refractivity contribution in [1.29, 1.82) is 0 Å².